The molecule has 26 heavy (non-hydrogen) atoms. The number of amides is 1. The van der Waals surface area contributed by atoms with Gasteiger partial charge in [-0.3, -0.25) is 4.79 Å². The highest BCUT2D eigenvalue weighted by Crippen LogP contribution is 2.23. The van der Waals surface area contributed by atoms with Gasteiger partial charge in [0.25, 0.3) is 5.91 Å². The van der Waals surface area contributed by atoms with E-state index in [1.165, 1.54) is 16.0 Å². The molecule has 3 nitrogen and oxygen atoms in total. The van der Waals surface area contributed by atoms with Crippen LogP contribution in [0.15, 0.2) is 60.0 Å². The van der Waals surface area contributed by atoms with E-state index in [1.807, 2.05) is 32.0 Å². The Kier molecular flexibility index (Phi) is 5.86. The first-order valence-corrected chi connectivity index (χ1v) is 9.72. The molecule has 0 aliphatic rings. The maximum absolute atomic E-state index is 12.5. The van der Waals surface area contributed by atoms with Crippen molar-refractivity contribution < 1.29 is 10.1 Å². The number of carbonyl (C=O) groups excluding carboxylic acids is 1. The first kappa shape index (κ1) is 18.4. The Labute approximate surface area is 159 Å². The third-order valence-corrected chi connectivity index (χ3v) is 5.53. The number of carbonyl (C=O) groups is 1. The van der Waals surface area contributed by atoms with Gasteiger partial charge in [-0.2, -0.15) is 0 Å². The molecule has 0 unspecified atom stereocenters. The number of thiophene rings is 1. The maximum Gasteiger partial charge on any atom is 0.279 e. The number of quaternary nitrogens is 1. The summed E-state index contributed by atoms with van der Waals surface area (Å²) >= 11 is 1.73. The zero-order chi connectivity index (χ0) is 18.5. The Bertz CT molecular complexity index is 849. The van der Waals surface area contributed by atoms with E-state index in [9.17, 15) is 4.79 Å². The lowest BCUT2D eigenvalue weighted by Crippen LogP contribution is -2.87. The molecule has 0 saturated carbocycles. The van der Waals surface area contributed by atoms with Gasteiger partial charge in [0, 0.05) is 11.3 Å². The molecule has 2 aromatic carbocycles. The number of benzene rings is 2. The molecule has 0 radical (unpaired) electrons. The third-order valence-electron chi connectivity index (χ3n) is 4.57. The lowest BCUT2D eigenvalue weighted by molar-refractivity contribution is -0.675. The number of hydrogen-bond acceptors (Lipinski definition) is 2. The minimum absolute atomic E-state index is 0.0241. The molecule has 1 amide bonds. The largest absolute Gasteiger partial charge is 0.328 e. The summed E-state index contributed by atoms with van der Waals surface area (Å²) < 4.78 is 0. The fourth-order valence-corrected chi connectivity index (χ4v) is 3.94. The summed E-state index contributed by atoms with van der Waals surface area (Å²) in [5.41, 5.74) is 5.57. The molecule has 0 aliphatic carbocycles. The van der Waals surface area contributed by atoms with Gasteiger partial charge in [0.15, 0.2) is 6.54 Å². The lowest BCUT2D eigenvalue weighted by Gasteiger charge is -2.16. The molecule has 4 heteroatoms. The number of aryl methyl sites for hydroxylation is 3. The van der Waals surface area contributed by atoms with Crippen LogP contribution in [-0.4, -0.2) is 12.5 Å². The van der Waals surface area contributed by atoms with Crippen LogP contribution in [0.3, 0.4) is 0 Å². The highest BCUT2D eigenvalue weighted by molar-refractivity contribution is 7.10. The Balaban J connectivity index is 1.72. The fraction of sp³-hybridized carbons (Fsp3) is 0.227. The number of nitrogens with one attached hydrogen (secondary N) is 1. The summed E-state index contributed by atoms with van der Waals surface area (Å²) in [6.45, 7) is 6.51. The average Bonchev–Trinajstić information content (AvgIpc) is 3.14. The number of anilines is 1. The molecule has 1 atom stereocenters. The summed E-state index contributed by atoms with van der Waals surface area (Å²) in [7, 11) is 0. The summed E-state index contributed by atoms with van der Waals surface area (Å²) in [5, 5.41) is 7.27. The smallest absolute Gasteiger partial charge is 0.279 e. The van der Waals surface area contributed by atoms with Crippen molar-refractivity contribution >= 4 is 22.9 Å². The molecular weight excluding hydrogens is 340 g/mol. The highest BCUT2D eigenvalue weighted by atomic mass is 32.1. The quantitative estimate of drug-likeness (QED) is 0.682. The van der Waals surface area contributed by atoms with Crippen LogP contribution in [0.25, 0.3) is 0 Å². The van der Waals surface area contributed by atoms with Crippen LogP contribution in [0.2, 0.25) is 0 Å². The van der Waals surface area contributed by atoms with Gasteiger partial charge in [-0.05, 0) is 43.3 Å². The van der Waals surface area contributed by atoms with Gasteiger partial charge in [0.05, 0.1) is 4.88 Å². The van der Waals surface area contributed by atoms with E-state index in [4.69, 9.17) is 0 Å². The Hall–Kier alpha value is -2.43. The second-order valence-corrected chi connectivity index (χ2v) is 7.64. The van der Waals surface area contributed by atoms with E-state index in [1.54, 1.807) is 11.3 Å². The molecular formula is C22H25N2OS+. The van der Waals surface area contributed by atoms with Crippen molar-refractivity contribution in [3.8, 4) is 0 Å². The molecule has 134 valence electrons. The van der Waals surface area contributed by atoms with Gasteiger partial charge >= 0.3 is 0 Å². The predicted octanol–water partition coefficient (Wildman–Crippen LogP) is 3.96. The van der Waals surface area contributed by atoms with Gasteiger partial charge in [-0.1, -0.05) is 54.1 Å². The fourth-order valence-electron chi connectivity index (χ4n) is 3.09. The van der Waals surface area contributed by atoms with Crippen LogP contribution in [0, 0.1) is 20.8 Å². The van der Waals surface area contributed by atoms with E-state index in [-0.39, 0.29) is 11.9 Å². The first-order valence-electron chi connectivity index (χ1n) is 8.84. The zero-order valence-corrected chi connectivity index (χ0v) is 16.3. The SMILES string of the molecule is Cc1ccc([C@H]([NH2+]CC(=O)Nc2c(C)cccc2C)c2cccs2)cc1. The topological polar surface area (TPSA) is 45.7 Å². The molecule has 0 bridgehead atoms. The number of nitrogens with two attached hydrogens (primary N) is 1. The molecule has 0 saturated heterocycles. The van der Waals surface area contributed by atoms with Crippen molar-refractivity contribution in [1.82, 2.24) is 0 Å². The Morgan fingerprint density at radius 2 is 1.69 bits per heavy atom. The van der Waals surface area contributed by atoms with Gasteiger partial charge in [-0.15, -0.1) is 11.3 Å². The van der Waals surface area contributed by atoms with Crippen molar-refractivity contribution in [2.45, 2.75) is 26.8 Å². The standard InChI is InChI=1S/C22H24N2OS/c1-15-9-11-18(12-10-15)22(19-8-5-13-26-19)23-14-20(25)24-21-16(2)6-4-7-17(21)3/h4-13,22-23H,14H2,1-3H3,(H,24,25)/p+1/t22-/m0/s1. The summed E-state index contributed by atoms with van der Waals surface area (Å²) in [6, 6.07) is 18.9. The molecule has 3 aromatic rings. The summed E-state index contributed by atoms with van der Waals surface area (Å²) in [5.74, 6) is 0.0241. The van der Waals surface area contributed by atoms with E-state index in [2.05, 4.69) is 59.3 Å². The first-order chi connectivity index (χ1) is 12.5. The van der Waals surface area contributed by atoms with Crippen molar-refractivity contribution in [1.29, 1.82) is 0 Å². The summed E-state index contributed by atoms with van der Waals surface area (Å²) in [6.07, 6.45) is 0. The lowest BCUT2D eigenvalue weighted by atomic mass is 10.0. The van der Waals surface area contributed by atoms with E-state index in [0.29, 0.717) is 6.54 Å². The third kappa shape index (κ3) is 4.40. The van der Waals surface area contributed by atoms with Crippen LogP contribution < -0.4 is 10.6 Å². The van der Waals surface area contributed by atoms with Crippen LogP contribution in [-0.2, 0) is 4.79 Å². The zero-order valence-electron chi connectivity index (χ0n) is 15.5. The van der Waals surface area contributed by atoms with Gasteiger partial charge in [0.1, 0.15) is 6.04 Å². The van der Waals surface area contributed by atoms with Crippen molar-refractivity contribution in [2.24, 2.45) is 0 Å². The van der Waals surface area contributed by atoms with Crippen LogP contribution >= 0.6 is 11.3 Å². The van der Waals surface area contributed by atoms with Crippen molar-refractivity contribution in [2.75, 3.05) is 11.9 Å². The minimum Gasteiger partial charge on any atom is -0.328 e. The average molecular weight is 366 g/mol. The number of hydrogen-bond donors (Lipinski definition) is 2. The highest BCUT2D eigenvalue weighted by Gasteiger charge is 2.20. The molecule has 1 heterocycles. The monoisotopic (exact) mass is 365 g/mol. The Morgan fingerprint density at radius 1 is 1.00 bits per heavy atom. The van der Waals surface area contributed by atoms with E-state index >= 15 is 0 Å². The van der Waals surface area contributed by atoms with Crippen molar-refractivity contribution in [3.63, 3.8) is 0 Å². The molecule has 3 N–H and O–H groups in total. The molecule has 0 fully saturated rings. The van der Waals surface area contributed by atoms with Crippen LogP contribution in [0.1, 0.15) is 33.2 Å². The van der Waals surface area contributed by atoms with Gasteiger partial charge < -0.3 is 10.6 Å². The number of rotatable bonds is 6. The summed E-state index contributed by atoms with van der Waals surface area (Å²) in [4.78, 5) is 13.8. The van der Waals surface area contributed by atoms with Crippen LogP contribution in [0.4, 0.5) is 5.69 Å². The minimum atomic E-state index is 0.0241. The van der Waals surface area contributed by atoms with Crippen LogP contribution in [0.5, 0.6) is 0 Å². The van der Waals surface area contributed by atoms with Gasteiger partial charge in [0.2, 0.25) is 0 Å². The molecule has 3 rings (SSSR count). The van der Waals surface area contributed by atoms with E-state index in [0.717, 1.165) is 16.8 Å². The maximum atomic E-state index is 12.5. The second kappa shape index (κ2) is 8.30. The molecule has 0 aliphatic heterocycles. The molecule has 0 spiro atoms. The second-order valence-electron chi connectivity index (χ2n) is 6.66. The predicted molar refractivity (Wildman–Crippen MR) is 109 cm³/mol. The number of para-hydroxylation sites is 1. The molecule has 1 aromatic heterocycles. The van der Waals surface area contributed by atoms with E-state index < -0.39 is 0 Å². The Morgan fingerprint density at radius 3 is 2.31 bits per heavy atom. The van der Waals surface area contributed by atoms with Gasteiger partial charge in [-0.25, -0.2) is 0 Å². The van der Waals surface area contributed by atoms with Crippen molar-refractivity contribution in [3.05, 3.63) is 87.1 Å². The normalized spacial score (nSPS) is 12.0.